The zero-order valence-electron chi connectivity index (χ0n) is 9.22. The Balaban J connectivity index is 1.92. The van der Waals surface area contributed by atoms with E-state index in [4.69, 9.17) is 5.21 Å². The second kappa shape index (κ2) is 3.59. The molecular weight excluding hydrogens is 222 g/mol. The normalized spacial score (nSPS) is 19.1. The molecule has 6 heteroatoms. The van der Waals surface area contributed by atoms with Crippen LogP contribution < -0.4 is 5.48 Å². The smallest absolute Gasteiger partial charge is 0.276 e. The van der Waals surface area contributed by atoms with Gasteiger partial charge in [0.2, 0.25) is 0 Å². The number of amides is 2. The van der Waals surface area contributed by atoms with Gasteiger partial charge in [-0.05, 0) is 18.9 Å². The van der Waals surface area contributed by atoms with Crippen LogP contribution in [-0.2, 0) is 6.54 Å². The maximum atomic E-state index is 12.1. The van der Waals surface area contributed by atoms with E-state index >= 15 is 0 Å². The van der Waals surface area contributed by atoms with Crippen molar-refractivity contribution in [2.45, 2.75) is 25.4 Å². The molecule has 0 bridgehead atoms. The van der Waals surface area contributed by atoms with E-state index in [1.165, 1.54) is 6.07 Å². The van der Waals surface area contributed by atoms with Crippen molar-refractivity contribution >= 4 is 11.8 Å². The fourth-order valence-electron chi connectivity index (χ4n) is 2.26. The van der Waals surface area contributed by atoms with E-state index < -0.39 is 5.91 Å². The molecule has 17 heavy (non-hydrogen) atoms. The summed E-state index contributed by atoms with van der Waals surface area (Å²) in [4.78, 5) is 25.3. The first-order valence-electron chi connectivity index (χ1n) is 5.66. The van der Waals surface area contributed by atoms with Gasteiger partial charge in [-0.25, -0.2) is 5.48 Å². The van der Waals surface area contributed by atoms with Crippen LogP contribution in [0.1, 0.15) is 33.7 Å². The number of nitrogens with one attached hydrogen (secondary N) is 1. The summed E-state index contributed by atoms with van der Waals surface area (Å²) in [5.41, 5.74) is 2.42. The van der Waals surface area contributed by atoms with Crippen LogP contribution in [0.25, 0.3) is 0 Å². The lowest BCUT2D eigenvalue weighted by atomic mass is 10.2. The van der Waals surface area contributed by atoms with Crippen molar-refractivity contribution < 1.29 is 14.8 Å². The zero-order chi connectivity index (χ0) is 12.0. The summed E-state index contributed by atoms with van der Waals surface area (Å²) < 4.78 is 1.77. The molecule has 2 aliphatic rings. The molecule has 0 atom stereocenters. The van der Waals surface area contributed by atoms with Gasteiger partial charge in [0.25, 0.3) is 11.8 Å². The summed E-state index contributed by atoms with van der Waals surface area (Å²) in [6.07, 6.45) is 3.76. The molecule has 2 amide bonds. The molecule has 1 aromatic rings. The van der Waals surface area contributed by atoms with E-state index in [0.29, 0.717) is 30.4 Å². The molecule has 6 nitrogen and oxygen atoms in total. The lowest BCUT2D eigenvalue weighted by Crippen LogP contribution is -2.41. The molecule has 0 radical (unpaired) electrons. The Hall–Kier alpha value is -1.82. The Morgan fingerprint density at radius 3 is 2.82 bits per heavy atom. The Bertz CT molecular complexity index is 490. The third-order valence-electron chi connectivity index (χ3n) is 3.31. The zero-order valence-corrected chi connectivity index (χ0v) is 9.22. The molecule has 2 heterocycles. The second-order valence-corrected chi connectivity index (χ2v) is 4.48. The van der Waals surface area contributed by atoms with Crippen molar-refractivity contribution in [3.05, 3.63) is 23.5 Å². The van der Waals surface area contributed by atoms with E-state index in [0.717, 1.165) is 12.8 Å². The van der Waals surface area contributed by atoms with Crippen LogP contribution in [0.2, 0.25) is 0 Å². The van der Waals surface area contributed by atoms with Gasteiger partial charge in [-0.3, -0.25) is 14.8 Å². The minimum atomic E-state index is -0.585. The summed E-state index contributed by atoms with van der Waals surface area (Å²) in [5, 5.41) is 8.56. The maximum Gasteiger partial charge on any atom is 0.276 e. The van der Waals surface area contributed by atoms with Crippen LogP contribution in [0.4, 0.5) is 0 Å². The molecule has 1 aliphatic carbocycles. The lowest BCUT2D eigenvalue weighted by Gasteiger charge is -2.28. The third kappa shape index (κ3) is 1.61. The molecule has 2 N–H and O–H groups in total. The topological polar surface area (TPSA) is 74.6 Å². The number of hydroxylamine groups is 1. The molecule has 90 valence electrons. The van der Waals surface area contributed by atoms with Gasteiger partial charge in [-0.1, -0.05) is 0 Å². The van der Waals surface area contributed by atoms with Gasteiger partial charge in [0.1, 0.15) is 5.69 Å². The number of rotatable bonds is 2. The molecule has 3 rings (SSSR count). The Morgan fingerprint density at radius 2 is 2.18 bits per heavy atom. The highest BCUT2D eigenvalue weighted by atomic mass is 16.5. The van der Waals surface area contributed by atoms with Gasteiger partial charge in [0.15, 0.2) is 0 Å². The van der Waals surface area contributed by atoms with Crippen LogP contribution in [-0.4, -0.2) is 39.1 Å². The number of nitrogens with zero attached hydrogens (tertiary/aromatic N) is 2. The minimum Gasteiger partial charge on any atom is -0.341 e. The molecule has 0 unspecified atom stereocenters. The Kier molecular flexibility index (Phi) is 2.19. The Morgan fingerprint density at radius 1 is 1.41 bits per heavy atom. The van der Waals surface area contributed by atoms with E-state index in [-0.39, 0.29) is 5.91 Å². The fraction of sp³-hybridized carbons (Fsp3) is 0.455. The molecule has 0 spiro atoms. The first-order valence-corrected chi connectivity index (χ1v) is 5.66. The fourth-order valence-corrected chi connectivity index (χ4v) is 2.26. The van der Waals surface area contributed by atoms with E-state index in [1.807, 2.05) is 4.90 Å². The van der Waals surface area contributed by atoms with Gasteiger partial charge in [-0.2, -0.15) is 0 Å². The van der Waals surface area contributed by atoms with Crippen LogP contribution in [0.5, 0.6) is 0 Å². The van der Waals surface area contributed by atoms with Crippen molar-refractivity contribution in [3.8, 4) is 0 Å². The summed E-state index contributed by atoms with van der Waals surface area (Å²) >= 11 is 0. The summed E-state index contributed by atoms with van der Waals surface area (Å²) in [7, 11) is 0. The largest absolute Gasteiger partial charge is 0.341 e. The molecule has 1 aromatic heterocycles. The van der Waals surface area contributed by atoms with Crippen molar-refractivity contribution in [1.29, 1.82) is 0 Å². The molecule has 1 saturated carbocycles. The standard InChI is InChI=1S/C11H13N3O3/c15-10(12-17)7-5-9-11(16)14(8-1-2-8)4-3-13(9)6-7/h5-6,8,17H,1-4H2,(H,12,15). The minimum absolute atomic E-state index is 0.0178. The van der Waals surface area contributed by atoms with Crippen molar-refractivity contribution in [3.63, 3.8) is 0 Å². The Labute approximate surface area is 97.8 Å². The van der Waals surface area contributed by atoms with Crippen LogP contribution in [0.15, 0.2) is 12.3 Å². The van der Waals surface area contributed by atoms with E-state index in [9.17, 15) is 9.59 Å². The van der Waals surface area contributed by atoms with Crippen LogP contribution in [0, 0.1) is 0 Å². The number of carbonyl (C=O) groups is 2. The van der Waals surface area contributed by atoms with Gasteiger partial charge in [-0.15, -0.1) is 0 Å². The van der Waals surface area contributed by atoms with E-state index in [1.54, 1.807) is 16.2 Å². The number of fused-ring (bicyclic) bond motifs is 1. The highest BCUT2D eigenvalue weighted by molar-refractivity contribution is 5.99. The van der Waals surface area contributed by atoms with E-state index in [2.05, 4.69) is 0 Å². The number of carbonyl (C=O) groups excluding carboxylic acids is 2. The molecule has 0 saturated heterocycles. The van der Waals surface area contributed by atoms with Gasteiger partial charge in [0, 0.05) is 25.3 Å². The highest BCUT2D eigenvalue weighted by Crippen LogP contribution is 2.30. The quantitative estimate of drug-likeness (QED) is 0.569. The van der Waals surface area contributed by atoms with Crippen molar-refractivity contribution in [1.82, 2.24) is 14.9 Å². The van der Waals surface area contributed by atoms with Crippen LogP contribution >= 0.6 is 0 Å². The first-order chi connectivity index (χ1) is 8.20. The summed E-state index contributed by atoms with van der Waals surface area (Å²) in [6.45, 7) is 1.40. The monoisotopic (exact) mass is 235 g/mol. The lowest BCUT2D eigenvalue weighted by molar-refractivity contribution is 0.0689. The molecular formula is C11H13N3O3. The summed E-state index contributed by atoms with van der Waals surface area (Å²) in [6, 6.07) is 1.92. The molecule has 1 fully saturated rings. The molecule has 1 aliphatic heterocycles. The molecule has 0 aromatic carbocycles. The first kappa shape index (κ1) is 10.3. The van der Waals surface area contributed by atoms with Crippen LogP contribution in [0.3, 0.4) is 0 Å². The van der Waals surface area contributed by atoms with Crippen molar-refractivity contribution in [2.24, 2.45) is 0 Å². The predicted octanol–water partition coefficient (Wildman–Crippen LogP) is 0.225. The van der Waals surface area contributed by atoms with Gasteiger partial charge >= 0.3 is 0 Å². The van der Waals surface area contributed by atoms with Gasteiger partial charge in [0.05, 0.1) is 5.56 Å². The number of aromatic nitrogens is 1. The summed E-state index contributed by atoms with van der Waals surface area (Å²) in [5.74, 6) is -0.603. The second-order valence-electron chi connectivity index (χ2n) is 4.48. The van der Waals surface area contributed by atoms with Gasteiger partial charge < -0.3 is 9.47 Å². The number of hydrogen-bond acceptors (Lipinski definition) is 3. The maximum absolute atomic E-state index is 12.1. The highest BCUT2D eigenvalue weighted by Gasteiger charge is 2.36. The third-order valence-corrected chi connectivity index (χ3v) is 3.31. The number of hydrogen-bond donors (Lipinski definition) is 2. The average Bonchev–Trinajstić information content (AvgIpc) is 3.07. The predicted molar refractivity (Wildman–Crippen MR) is 57.7 cm³/mol. The average molecular weight is 235 g/mol. The SMILES string of the molecule is O=C(NO)c1cc2n(c1)CCN(C1CC1)C2=O. The van der Waals surface area contributed by atoms with Crippen molar-refractivity contribution in [2.75, 3.05) is 6.54 Å².